The Morgan fingerprint density at radius 2 is 2.10 bits per heavy atom. The van der Waals surface area contributed by atoms with Crippen molar-refractivity contribution in [3.63, 3.8) is 0 Å². The summed E-state index contributed by atoms with van der Waals surface area (Å²) in [5, 5.41) is 12.4. The fourth-order valence-electron chi connectivity index (χ4n) is 1.83. The van der Waals surface area contributed by atoms with Gasteiger partial charge in [0.1, 0.15) is 0 Å². The topological polar surface area (TPSA) is 71.5 Å². The maximum atomic E-state index is 13.9. The van der Waals surface area contributed by atoms with E-state index < -0.39 is 17.8 Å². The highest BCUT2D eigenvalue weighted by Gasteiger charge is 2.16. The number of hydrogen-bond donors (Lipinski definition) is 2. The minimum absolute atomic E-state index is 0.00247. The molecular formula is C15H15FN2O3. The van der Waals surface area contributed by atoms with E-state index in [1.165, 1.54) is 25.3 Å². The van der Waals surface area contributed by atoms with Crippen LogP contribution >= 0.6 is 0 Å². The first-order valence-corrected chi connectivity index (χ1v) is 6.32. The van der Waals surface area contributed by atoms with Crippen LogP contribution in [0.2, 0.25) is 0 Å². The average molecular weight is 290 g/mol. The molecule has 0 saturated heterocycles. The second kappa shape index (κ2) is 6.81. The zero-order valence-electron chi connectivity index (χ0n) is 11.4. The summed E-state index contributed by atoms with van der Waals surface area (Å²) in [5.74, 6) is -1.34. The van der Waals surface area contributed by atoms with Gasteiger partial charge in [-0.15, -0.1) is 0 Å². The molecule has 0 fully saturated rings. The van der Waals surface area contributed by atoms with Crippen LogP contribution in [-0.2, 0) is 0 Å². The van der Waals surface area contributed by atoms with Crippen molar-refractivity contribution in [1.29, 1.82) is 0 Å². The van der Waals surface area contributed by atoms with E-state index >= 15 is 0 Å². The van der Waals surface area contributed by atoms with Crippen LogP contribution in [0.15, 0.2) is 42.7 Å². The fourth-order valence-corrected chi connectivity index (χ4v) is 1.83. The van der Waals surface area contributed by atoms with Crippen molar-refractivity contribution in [2.45, 2.75) is 6.10 Å². The fraction of sp³-hybridized carbons (Fsp3) is 0.200. The van der Waals surface area contributed by atoms with Crippen molar-refractivity contribution in [2.24, 2.45) is 0 Å². The highest BCUT2D eigenvalue weighted by Crippen LogP contribution is 2.20. The van der Waals surface area contributed by atoms with Gasteiger partial charge in [0.25, 0.3) is 5.91 Å². The summed E-state index contributed by atoms with van der Waals surface area (Å²) in [6, 6.07) is 7.59. The number of benzene rings is 1. The van der Waals surface area contributed by atoms with Gasteiger partial charge in [0.15, 0.2) is 11.6 Å². The van der Waals surface area contributed by atoms with Gasteiger partial charge in [-0.3, -0.25) is 9.78 Å². The Balaban J connectivity index is 2.02. The molecule has 0 spiro atoms. The van der Waals surface area contributed by atoms with Gasteiger partial charge in [-0.25, -0.2) is 4.39 Å². The van der Waals surface area contributed by atoms with Gasteiger partial charge in [-0.2, -0.15) is 0 Å². The lowest BCUT2D eigenvalue weighted by Gasteiger charge is -2.13. The summed E-state index contributed by atoms with van der Waals surface area (Å²) in [6.45, 7) is -0.0283. The standard InChI is InChI=1S/C15H15FN2O3/c1-21-13-4-2-3-11(14(13)16)15(20)18-9-12(19)10-5-7-17-8-6-10/h2-8,12,19H,9H2,1H3,(H,18,20). The third-order valence-corrected chi connectivity index (χ3v) is 2.97. The van der Waals surface area contributed by atoms with Gasteiger partial charge in [-0.1, -0.05) is 6.07 Å². The normalized spacial score (nSPS) is 11.8. The molecule has 0 aliphatic carbocycles. The van der Waals surface area contributed by atoms with Crippen LogP contribution in [0.1, 0.15) is 22.0 Å². The first kappa shape index (κ1) is 14.9. The van der Waals surface area contributed by atoms with Crippen molar-refractivity contribution < 1.29 is 19.0 Å². The molecule has 2 rings (SSSR count). The predicted molar refractivity (Wildman–Crippen MR) is 74.5 cm³/mol. The summed E-state index contributed by atoms with van der Waals surface area (Å²) in [4.78, 5) is 15.8. The van der Waals surface area contributed by atoms with Crippen LogP contribution in [0.4, 0.5) is 4.39 Å². The molecule has 1 aromatic carbocycles. The van der Waals surface area contributed by atoms with Gasteiger partial charge in [0, 0.05) is 18.9 Å². The van der Waals surface area contributed by atoms with Gasteiger partial charge >= 0.3 is 0 Å². The number of aliphatic hydroxyl groups excluding tert-OH is 1. The Labute approximate surface area is 121 Å². The number of rotatable bonds is 5. The van der Waals surface area contributed by atoms with Crippen molar-refractivity contribution in [2.75, 3.05) is 13.7 Å². The molecule has 21 heavy (non-hydrogen) atoms. The molecule has 110 valence electrons. The lowest BCUT2D eigenvalue weighted by molar-refractivity contribution is 0.0911. The number of nitrogens with one attached hydrogen (secondary N) is 1. The summed E-state index contributed by atoms with van der Waals surface area (Å²) in [7, 11) is 1.33. The number of methoxy groups -OCH3 is 1. The van der Waals surface area contributed by atoms with Crippen molar-refractivity contribution in [1.82, 2.24) is 10.3 Å². The number of amides is 1. The molecule has 5 nitrogen and oxygen atoms in total. The molecule has 2 N–H and O–H groups in total. The van der Waals surface area contributed by atoms with Crippen molar-refractivity contribution in [3.05, 3.63) is 59.7 Å². The molecule has 1 aromatic heterocycles. The largest absolute Gasteiger partial charge is 0.494 e. The van der Waals surface area contributed by atoms with Gasteiger partial charge in [0.05, 0.1) is 18.8 Å². The van der Waals surface area contributed by atoms with Crippen LogP contribution in [-0.4, -0.2) is 29.7 Å². The predicted octanol–water partition coefficient (Wildman–Crippen LogP) is 1.69. The Bertz CT molecular complexity index is 620. The second-order valence-corrected chi connectivity index (χ2v) is 4.33. The SMILES string of the molecule is COc1cccc(C(=O)NCC(O)c2ccncc2)c1F. The number of pyridine rings is 1. The molecule has 0 aliphatic rings. The van der Waals surface area contributed by atoms with Crippen LogP contribution in [0.25, 0.3) is 0 Å². The summed E-state index contributed by atoms with van der Waals surface area (Å²) in [5.41, 5.74) is 0.493. The van der Waals surface area contributed by atoms with Gasteiger partial charge in [0.2, 0.25) is 0 Å². The molecule has 6 heteroatoms. The van der Waals surface area contributed by atoms with E-state index in [0.717, 1.165) is 0 Å². The Hall–Kier alpha value is -2.47. The quantitative estimate of drug-likeness (QED) is 0.879. The van der Waals surface area contributed by atoms with E-state index in [4.69, 9.17) is 4.74 Å². The summed E-state index contributed by atoms with van der Waals surface area (Å²) < 4.78 is 18.7. The molecule has 1 atom stereocenters. The first-order valence-electron chi connectivity index (χ1n) is 6.32. The maximum Gasteiger partial charge on any atom is 0.254 e. The van der Waals surface area contributed by atoms with E-state index in [-0.39, 0.29) is 17.9 Å². The van der Waals surface area contributed by atoms with E-state index in [1.54, 1.807) is 24.5 Å². The van der Waals surface area contributed by atoms with E-state index in [9.17, 15) is 14.3 Å². The summed E-state index contributed by atoms with van der Waals surface area (Å²) >= 11 is 0. The zero-order chi connectivity index (χ0) is 15.2. The monoisotopic (exact) mass is 290 g/mol. The number of ether oxygens (including phenoxy) is 1. The van der Waals surface area contributed by atoms with Crippen LogP contribution in [0.3, 0.4) is 0 Å². The third kappa shape index (κ3) is 3.55. The number of carbonyl (C=O) groups is 1. The Morgan fingerprint density at radius 1 is 1.38 bits per heavy atom. The molecule has 1 unspecified atom stereocenters. The molecular weight excluding hydrogens is 275 g/mol. The van der Waals surface area contributed by atoms with E-state index in [0.29, 0.717) is 5.56 Å². The smallest absolute Gasteiger partial charge is 0.254 e. The molecule has 1 heterocycles. The van der Waals surface area contributed by atoms with Crippen molar-refractivity contribution in [3.8, 4) is 5.75 Å². The molecule has 0 saturated carbocycles. The number of aliphatic hydroxyl groups is 1. The minimum Gasteiger partial charge on any atom is -0.494 e. The number of hydrogen-bond acceptors (Lipinski definition) is 4. The van der Waals surface area contributed by atoms with Gasteiger partial charge in [-0.05, 0) is 29.8 Å². The first-order chi connectivity index (χ1) is 10.1. The van der Waals surface area contributed by atoms with Gasteiger partial charge < -0.3 is 15.2 Å². The van der Waals surface area contributed by atoms with E-state index in [2.05, 4.69) is 10.3 Å². The molecule has 1 amide bonds. The lowest BCUT2D eigenvalue weighted by atomic mass is 10.1. The van der Waals surface area contributed by atoms with E-state index in [1.807, 2.05) is 0 Å². The number of nitrogens with zero attached hydrogens (tertiary/aromatic N) is 1. The Morgan fingerprint density at radius 3 is 2.76 bits per heavy atom. The van der Waals surface area contributed by atoms with Crippen LogP contribution in [0.5, 0.6) is 5.75 Å². The summed E-state index contributed by atoms with van der Waals surface area (Å²) in [6.07, 6.45) is 2.20. The average Bonchev–Trinajstić information content (AvgIpc) is 2.53. The maximum absolute atomic E-state index is 13.9. The molecule has 2 aromatic rings. The lowest BCUT2D eigenvalue weighted by Crippen LogP contribution is -2.29. The molecule has 0 radical (unpaired) electrons. The Kier molecular flexibility index (Phi) is 4.84. The van der Waals surface area contributed by atoms with Crippen LogP contribution in [0, 0.1) is 5.82 Å². The highest BCUT2D eigenvalue weighted by atomic mass is 19.1. The third-order valence-electron chi connectivity index (χ3n) is 2.97. The zero-order valence-corrected chi connectivity index (χ0v) is 11.4. The van der Waals surface area contributed by atoms with Crippen LogP contribution < -0.4 is 10.1 Å². The molecule has 0 bridgehead atoms. The number of halogens is 1. The number of aromatic nitrogens is 1. The van der Waals surface area contributed by atoms with Crippen molar-refractivity contribution >= 4 is 5.91 Å². The number of carbonyl (C=O) groups excluding carboxylic acids is 1. The second-order valence-electron chi connectivity index (χ2n) is 4.33. The minimum atomic E-state index is -0.884. The molecule has 0 aliphatic heterocycles. The highest BCUT2D eigenvalue weighted by molar-refractivity contribution is 5.94.